The Hall–Kier alpha value is -0.590. The largest absolute Gasteiger partial charge is 0.299 e. The van der Waals surface area contributed by atoms with Crippen molar-refractivity contribution >= 4 is 5.78 Å². The highest BCUT2D eigenvalue weighted by Gasteiger charge is 2.18. The molecule has 9 heavy (non-hydrogen) atoms. The third kappa shape index (κ3) is 2.45. The van der Waals surface area contributed by atoms with Gasteiger partial charge in [-0.25, -0.2) is 0 Å². The van der Waals surface area contributed by atoms with Crippen molar-refractivity contribution in [3.8, 4) is 0 Å². The number of ketones is 1. The normalized spacial score (nSPS) is 25.0. The molecule has 1 unspecified atom stereocenters. The molecule has 0 radical (unpaired) electrons. The summed E-state index contributed by atoms with van der Waals surface area (Å²) < 4.78 is 0. The van der Waals surface area contributed by atoms with Crippen LogP contribution in [-0.4, -0.2) is 5.78 Å². The number of rotatable bonds is 0. The van der Waals surface area contributed by atoms with E-state index < -0.39 is 0 Å². The van der Waals surface area contributed by atoms with E-state index in [0.29, 0.717) is 11.7 Å². The molecule has 1 rings (SSSR count). The Kier molecular flexibility index (Phi) is 4.02. The highest BCUT2D eigenvalue weighted by Crippen LogP contribution is 2.19. The van der Waals surface area contributed by atoms with Crippen molar-refractivity contribution < 1.29 is 4.79 Å². The Balaban J connectivity index is 0.000000291. The zero-order valence-corrected chi connectivity index (χ0v) is 6.02. The summed E-state index contributed by atoms with van der Waals surface area (Å²) in [7, 11) is 0. The van der Waals surface area contributed by atoms with Crippen LogP contribution in [0.25, 0.3) is 0 Å². The zero-order chi connectivity index (χ0) is 7.28. The van der Waals surface area contributed by atoms with Crippen molar-refractivity contribution in [1.29, 1.82) is 0 Å². The molecule has 0 aromatic carbocycles. The number of hydrogen-bond acceptors (Lipinski definition) is 1. The third-order valence-electron chi connectivity index (χ3n) is 1.61. The van der Waals surface area contributed by atoms with E-state index in [0.717, 1.165) is 19.3 Å². The van der Waals surface area contributed by atoms with Crippen LogP contribution in [0, 0.1) is 5.92 Å². The van der Waals surface area contributed by atoms with Gasteiger partial charge in [0.2, 0.25) is 0 Å². The molecule has 1 heteroatoms. The van der Waals surface area contributed by atoms with E-state index in [2.05, 4.69) is 13.2 Å². The van der Waals surface area contributed by atoms with Crippen LogP contribution in [0.3, 0.4) is 0 Å². The summed E-state index contributed by atoms with van der Waals surface area (Å²) in [5.41, 5.74) is 0. The first-order chi connectivity index (χ1) is 4.30. The molecule has 0 amide bonds. The molecule has 0 spiro atoms. The van der Waals surface area contributed by atoms with E-state index >= 15 is 0 Å². The van der Waals surface area contributed by atoms with Gasteiger partial charge in [-0.2, -0.15) is 0 Å². The molecule has 0 aromatic rings. The number of Topliss-reactive ketones (excluding diaryl/α,β-unsaturated/α-hetero) is 1. The first kappa shape index (κ1) is 8.41. The van der Waals surface area contributed by atoms with Gasteiger partial charge in [0.1, 0.15) is 5.78 Å². The maximum absolute atomic E-state index is 10.6. The molecule has 0 aliphatic heterocycles. The first-order valence-corrected chi connectivity index (χ1v) is 3.33. The van der Waals surface area contributed by atoms with Crippen molar-refractivity contribution in [2.45, 2.75) is 26.2 Å². The smallest absolute Gasteiger partial charge is 0.135 e. The molecule has 1 aliphatic carbocycles. The molecular formula is C8H14O. The van der Waals surface area contributed by atoms with Crippen LogP contribution in [0.15, 0.2) is 13.2 Å². The minimum atomic E-state index is 0.375. The van der Waals surface area contributed by atoms with Crippen LogP contribution in [0.1, 0.15) is 26.2 Å². The second-order valence-electron chi connectivity index (χ2n) is 2.26. The van der Waals surface area contributed by atoms with Crippen LogP contribution < -0.4 is 0 Å². The van der Waals surface area contributed by atoms with Crippen molar-refractivity contribution in [2.75, 3.05) is 0 Å². The molecule has 52 valence electrons. The SMILES string of the molecule is C=C.CC1CCCC1=O. The fraction of sp³-hybridized carbons (Fsp3) is 0.625. The monoisotopic (exact) mass is 126 g/mol. The van der Waals surface area contributed by atoms with Crippen molar-refractivity contribution in [1.82, 2.24) is 0 Å². The van der Waals surface area contributed by atoms with Crippen LogP contribution in [0.2, 0.25) is 0 Å². The van der Waals surface area contributed by atoms with Crippen LogP contribution >= 0.6 is 0 Å². The molecule has 0 saturated heterocycles. The molecule has 0 aromatic heterocycles. The Labute approximate surface area is 56.8 Å². The van der Waals surface area contributed by atoms with Gasteiger partial charge < -0.3 is 0 Å². The average Bonchev–Trinajstić information content (AvgIpc) is 2.23. The van der Waals surface area contributed by atoms with E-state index in [4.69, 9.17) is 0 Å². The standard InChI is InChI=1S/C6H10O.C2H4/c1-5-3-2-4-6(5)7;1-2/h5H,2-4H2,1H3;1-2H2. The summed E-state index contributed by atoms with van der Waals surface area (Å²) in [6.07, 6.45) is 3.08. The van der Waals surface area contributed by atoms with E-state index in [1.165, 1.54) is 0 Å². The average molecular weight is 126 g/mol. The van der Waals surface area contributed by atoms with E-state index in [9.17, 15) is 4.79 Å². The molecule has 1 nitrogen and oxygen atoms in total. The Morgan fingerprint density at radius 1 is 1.56 bits per heavy atom. The molecule has 1 fully saturated rings. The van der Waals surface area contributed by atoms with Gasteiger partial charge in [0.25, 0.3) is 0 Å². The molecular weight excluding hydrogens is 112 g/mol. The maximum atomic E-state index is 10.6. The minimum Gasteiger partial charge on any atom is -0.299 e. The Morgan fingerprint density at radius 3 is 2.22 bits per heavy atom. The summed E-state index contributed by atoms with van der Waals surface area (Å²) in [5, 5.41) is 0. The molecule has 0 heterocycles. The molecule has 1 saturated carbocycles. The third-order valence-corrected chi connectivity index (χ3v) is 1.61. The molecule has 1 aliphatic rings. The van der Waals surface area contributed by atoms with Gasteiger partial charge in [-0.1, -0.05) is 6.92 Å². The van der Waals surface area contributed by atoms with Crippen LogP contribution in [0.5, 0.6) is 0 Å². The van der Waals surface area contributed by atoms with Crippen molar-refractivity contribution in [3.05, 3.63) is 13.2 Å². The lowest BCUT2D eigenvalue weighted by Gasteiger charge is -1.91. The van der Waals surface area contributed by atoms with E-state index in [-0.39, 0.29) is 0 Å². The topological polar surface area (TPSA) is 17.1 Å². The van der Waals surface area contributed by atoms with Gasteiger partial charge in [-0.3, -0.25) is 4.79 Å². The number of carbonyl (C=O) groups is 1. The fourth-order valence-electron chi connectivity index (χ4n) is 0.990. The van der Waals surface area contributed by atoms with Gasteiger partial charge in [0, 0.05) is 12.3 Å². The Bertz CT molecular complexity index is 96.7. The van der Waals surface area contributed by atoms with E-state index in [1.807, 2.05) is 6.92 Å². The van der Waals surface area contributed by atoms with Crippen LogP contribution in [0.4, 0.5) is 0 Å². The van der Waals surface area contributed by atoms with Gasteiger partial charge >= 0.3 is 0 Å². The minimum absolute atomic E-state index is 0.375. The quantitative estimate of drug-likeness (QED) is 0.455. The number of hydrogen-bond donors (Lipinski definition) is 0. The molecule has 0 N–H and O–H groups in total. The van der Waals surface area contributed by atoms with Crippen molar-refractivity contribution in [2.24, 2.45) is 5.92 Å². The second kappa shape index (κ2) is 4.30. The lowest BCUT2D eigenvalue weighted by Crippen LogP contribution is -1.98. The van der Waals surface area contributed by atoms with Gasteiger partial charge in [0.15, 0.2) is 0 Å². The maximum Gasteiger partial charge on any atom is 0.135 e. The summed E-state index contributed by atoms with van der Waals surface area (Å²) in [4.78, 5) is 10.6. The summed E-state index contributed by atoms with van der Waals surface area (Å²) in [5.74, 6) is 0.833. The highest BCUT2D eigenvalue weighted by atomic mass is 16.1. The molecule has 0 bridgehead atoms. The van der Waals surface area contributed by atoms with Crippen LogP contribution in [-0.2, 0) is 4.79 Å². The summed E-state index contributed by atoms with van der Waals surface area (Å²) in [6, 6.07) is 0. The van der Waals surface area contributed by atoms with Gasteiger partial charge in [-0.05, 0) is 12.8 Å². The Morgan fingerprint density at radius 2 is 2.11 bits per heavy atom. The summed E-state index contributed by atoms with van der Waals surface area (Å²) >= 11 is 0. The second-order valence-corrected chi connectivity index (χ2v) is 2.26. The summed E-state index contributed by atoms with van der Waals surface area (Å²) in [6.45, 7) is 8.01. The number of carbonyl (C=O) groups excluding carboxylic acids is 1. The van der Waals surface area contributed by atoms with Gasteiger partial charge in [0.05, 0.1) is 0 Å². The lowest BCUT2D eigenvalue weighted by molar-refractivity contribution is -0.120. The van der Waals surface area contributed by atoms with Gasteiger partial charge in [-0.15, -0.1) is 13.2 Å². The van der Waals surface area contributed by atoms with Crippen molar-refractivity contribution in [3.63, 3.8) is 0 Å². The zero-order valence-electron chi connectivity index (χ0n) is 6.02. The lowest BCUT2D eigenvalue weighted by atomic mass is 10.1. The fourth-order valence-corrected chi connectivity index (χ4v) is 0.990. The first-order valence-electron chi connectivity index (χ1n) is 3.33. The molecule has 1 atom stereocenters. The predicted octanol–water partition coefficient (Wildman–Crippen LogP) is 2.18. The predicted molar refractivity (Wildman–Crippen MR) is 39.3 cm³/mol. The highest BCUT2D eigenvalue weighted by molar-refractivity contribution is 5.82. The van der Waals surface area contributed by atoms with E-state index in [1.54, 1.807) is 0 Å².